The minimum Gasteiger partial charge on any atom is -0.325 e. The highest BCUT2D eigenvalue weighted by Crippen LogP contribution is 2.12. The number of nitrogens with one attached hydrogen (secondary N) is 1. The Hall–Kier alpha value is -1.66. The molecule has 0 saturated heterocycles. The van der Waals surface area contributed by atoms with Gasteiger partial charge in [-0.15, -0.1) is 0 Å². The second-order valence-corrected chi connectivity index (χ2v) is 4.39. The molecule has 0 atom stereocenters. The number of aromatic amines is 1. The number of hydrogen-bond acceptors (Lipinski definition) is 3. The molecule has 1 heterocycles. The van der Waals surface area contributed by atoms with Crippen LogP contribution in [0.5, 0.6) is 0 Å². The van der Waals surface area contributed by atoms with Crippen molar-refractivity contribution >= 4 is 21.8 Å². The van der Waals surface area contributed by atoms with Gasteiger partial charge >= 0.3 is 0 Å². The Labute approximate surface area is 105 Å². The van der Waals surface area contributed by atoms with Crippen molar-refractivity contribution in [1.29, 1.82) is 0 Å². The van der Waals surface area contributed by atoms with Gasteiger partial charge in [0.2, 0.25) is 0 Å². The van der Waals surface area contributed by atoms with Crippen molar-refractivity contribution in [2.75, 3.05) is 0 Å². The van der Waals surface area contributed by atoms with Gasteiger partial charge in [0.1, 0.15) is 0 Å². The Morgan fingerprint density at radius 2 is 2.18 bits per heavy atom. The summed E-state index contributed by atoms with van der Waals surface area (Å²) >= 11 is 3.27. The number of H-pyrrole nitrogens is 1. The molecule has 0 aliphatic heterocycles. The van der Waals surface area contributed by atoms with Crippen molar-refractivity contribution in [2.45, 2.75) is 6.54 Å². The van der Waals surface area contributed by atoms with E-state index in [1.807, 2.05) is 0 Å². The van der Waals surface area contributed by atoms with Gasteiger partial charge in [0.15, 0.2) is 0 Å². The molecule has 0 saturated carbocycles. The predicted octanol–water partition coefficient (Wildman–Crippen LogP) is 1.09. The molecule has 88 valence electrons. The molecule has 5 nitrogen and oxygen atoms in total. The number of nitrogens with two attached hydrogens (primary N) is 1. The van der Waals surface area contributed by atoms with Gasteiger partial charge in [0.25, 0.3) is 11.5 Å². The molecule has 0 bridgehead atoms. The zero-order valence-corrected chi connectivity index (χ0v) is 10.4. The van der Waals surface area contributed by atoms with Crippen LogP contribution in [0.4, 0.5) is 0 Å². The van der Waals surface area contributed by atoms with E-state index in [0.717, 1.165) is 9.15 Å². The number of halogens is 1. The van der Waals surface area contributed by atoms with E-state index in [0.29, 0.717) is 11.3 Å². The van der Waals surface area contributed by atoms with E-state index >= 15 is 0 Å². The molecule has 0 fully saturated rings. The molecule has 0 aliphatic carbocycles. The number of rotatable bonds is 2. The standard InChI is InChI=1S/C11H10BrN3O2/c12-8-3-1-2-7(4-8)11(17)15-10(16)5-9(6-13)14-15/h1-5,14H,6,13H2. The summed E-state index contributed by atoms with van der Waals surface area (Å²) in [6.07, 6.45) is 0. The minimum atomic E-state index is -0.407. The van der Waals surface area contributed by atoms with Crippen LogP contribution in [-0.4, -0.2) is 15.7 Å². The van der Waals surface area contributed by atoms with E-state index in [9.17, 15) is 9.59 Å². The van der Waals surface area contributed by atoms with E-state index < -0.39 is 11.5 Å². The fraction of sp³-hybridized carbons (Fsp3) is 0.0909. The average molecular weight is 296 g/mol. The zero-order valence-electron chi connectivity index (χ0n) is 8.81. The summed E-state index contributed by atoms with van der Waals surface area (Å²) in [4.78, 5) is 23.6. The average Bonchev–Trinajstić information content (AvgIpc) is 2.69. The molecule has 0 spiro atoms. The van der Waals surface area contributed by atoms with Gasteiger partial charge in [-0.3, -0.25) is 14.7 Å². The maximum Gasteiger partial charge on any atom is 0.279 e. The van der Waals surface area contributed by atoms with Crippen LogP contribution < -0.4 is 11.3 Å². The Bertz CT molecular complexity index is 615. The third-order valence-electron chi connectivity index (χ3n) is 2.27. The molecule has 0 aliphatic rings. The molecule has 0 amide bonds. The molecular formula is C11H10BrN3O2. The highest BCUT2D eigenvalue weighted by molar-refractivity contribution is 9.10. The topological polar surface area (TPSA) is 80.9 Å². The van der Waals surface area contributed by atoms with Crippen LogP contribution in [0.25, 0.3) is 0 Å². The first-order chi connectivity index (χ1) is 8.11. The van der Waals surface area contributed by atoms with Crippen LogP contribution >= 0.6 is 15.9 Å². The zero-order chi connectivity index (χ0) is 12.4. The lowest BCUT2D eigenvalue weighted by Gasteiger charge is -2.01. The summed E-state index contributed by atoms with van der Waals surface area (Å²) in [5.74, 6) is -0.406. The Kier molecular flexibility index (Phi) is 3.26. The summed E-state index contributed by atoms with van der Waals surface area (Å²) in [5.41, 5.74) is 5.94. The number of nitrogens with zero attached hydrogens (tertiary/aromatic N) is 1. The summed E-state index contributed by atoms with van der Waals surface area (Å²) < 4.78 is 1.73. The van der Waals surface area contributed by atoms with Crippen LogP contribution in [0.1, 0.15) is 16.1 Å². The van der Waals surface area contributed by atoms with Crippen molar-refractivity contribution in [3.63, 3.8) is 0 Å². The van der Waals surface area contributed by atoms with Crippen molar-refractivity contribution in [1.82, 2.24) is 9.78 Å². The molecule has 1 aromatic heterocycles. The number of carbonyl (C=O) groups excluding carboxylic acids is 1. The van der Waals surface area contributed by atoms with Gasteiger partial charge < -0.3 is 5.73 Å². The molecule has 1 aromatic carbocycles. The van der Waals surface area contributed by atoms with Crippen molar-refractivity contribution in [3.05, 3.63) is 56.4 Å². The molecule has 0 unspecified atom stereocenters. The smallest absolute Gasteiger partial charge is 0.279 e. The lowest BCUT2D eigenvalue weighted by molar-refractivity contribution is 0.0941. The maximum absolute atomic E-state index is 12.0. The number of hydrogen-bond donors (Lipinski definition) is 2. The van der Waals surface area contributed by atoms with E-state index in [-0.39, 0.29) is 6.54 Å². The highest BCUT2D eigenvalue weighted by atomic mass is 79.9. The Morgan fingerprint density at radius 3 is 2.76 bits per heavy atom. The van der Waals surface area contributed by atoms with E-state index in [1.54, 1.807) is 24.3 Å². The third kappa shape index (κ3) is 2.37. The van der Waals surface area contributed by atoms with E-state index in [4.69, 9.17) is 5.73 Å². The lowest BCUT2D eigenvalue weighted by Crippen LogP contribution is -2.24. The van der Waals surface area contributed by atoms with Gasteiger partial charge in [0, 0.05) is 22.6 Å². The first-order valence-corrected chi connectivity index (χ1v) is 5.72. The number of carbonyl (C=O) groups is 1. The second kappa shape index (κ2) is 4.68. The first kappa shape index (κ1) is 11.8. The van der Waals surface area contributed by atoms with Crippen LogP contribution in [0.15, 0.2) is 39.6 Å². The molecule has 3 N–H and O–H groups in total. The Morgan fingerprint density at radius 1 is 1.41 bits per heavy atom. The van der Waals surface area contributed by atoms with E-state index in [2.05, 4.69) is 21.0 Å². The van der Waals surface area contributed by atoms with Gasteiger partial charge in [-0.2, -0.15) is 4.68 Å². The quantitative estimate of drug-likeness (QED) is 0.870. The summed E-state index contributed by atoms with van der Waals surface area (Å²) in [5, 5.41) is 2.66. The van der Waals surface area contributed by atoms with Crippen LogP contribution in [-0.2, 0) is 6.54 Å². The Balaban J connectivity index is 2.43. The molecular weight excluding hydrogens is 286 g/mol. The van der Waals surface area contributed by atoms with Crippen LogP contribution in [0.2, 0.25) is 0 Å². The van der Waals surface area contributed by atoms with Crippen molar-refractivity contribution in [3.8, 4) is 0 Å². The first-order valence-electron chi connectivity index (χ1n) is 4.93. The minimum absolute atomic E-state index is 0.188. The largest absolute Gasteiger partial charge is 0.325 e. The van der Waals surface area contributed by atoms with Crippen LogP contribution in [0, 0.1) is 0 Å². The number of benzene rings is 1. The van der Waals surface area contributed by atoms with Crippen molar-refractivity contribution in [2.24, 2.45) is 5.73 Å². The van der Waals surface area contributed by atoms with Crippen molar-refractivity contribution < 1.29 is 4.79 Å². The summed E-state index contributed by atoms with van der Waals surface area (Å²) in [6.45, 7) is 0.188. The normalized spacial score (nSPS) is 10.5. The SMILES string of the molecule is NCc1cc(=O)n(C(=O)c2cccc(Br)c2)[nH]1. The lowest BCUT2D eigenvalue weighted by atomic mass is 10.2. The highest BCUT2D eigenvalue weighted by Gasteiger charge is 2.12. The fourth-order valence-corrected chi connectivity index (χ4v) is 1.85. The predicted molar refractivity (Wildman–Crippen MR) is 66.8 cm³/mol. The van der Waals surface area contributed by atoms with Gasteiger partial charge in [-0.25, -0.2) is 0 Å². The van der Waals surface area contributed by atoms with E-state index in [1.165, 1.54) is 6.07 Å². The summed E-state index contributed by atoms with van der Waals surface area (Å²) in [6, 6.07) is 8.14. The molecule has 2 aromatic rings. The second-order valence-electron chi connectivity index (χ2n) is 3.47. The monoisotopic (exact) mass is 295 g/mol. The van der Waals surface area contributed by atoms with Gasteiger partial charge in [-0.05, 0) is 18.2 Å². The molecule has 0 radical (unpaired) electrons. The molecule has 2 rings (SSSR count). The van der Waals surface area contributed by atoms with Gasteiger partial charge in [0.05, 0.1) is 5.69 Å². The third-order valence-corrected chi connectivity index (χ3v) is 2.76. The molecule has 17 heavy (non-hydrogen) atoms. The van der Waals surface area contributed by atoms with Crippen LogP contribution in [0.3, 0.4) is 0 Å². The maximum atomic E-state index is 12.0. The fourth-order valence-electron chi connectivity index (χ4n) is 1.45. The summed E-state index contributed by atoms with van der Waals surface area (Å²) in [7, 11) is 0. The number of aromatic nitrogens is 2. The molecule has 6 heteroatoms. The van der Waals surface area contributed by atoms with Gasteiger partial charge in [-0.1, -0.05) is 22.0 Å².